The molecule has 1 fully saturated rings. The minimum atomic E-state index is 0.158. The van der Waals surface area contributed by atoms with Crippen LogP contribution in [0.2, 0.25) is 0 Å². The van der Waals surface area contributed by atoms with Gasteiger partial charge in [0.2, 0.25) is 6.79 Å². The first kappa shape index (κ1) is 16.4. The summed E-state index contributed by atoms with van der Waals surface area (Å²) >= 11 is 0. The summed E-state index contributed by atoms with van der Waals surface area (Å²) in [5, 5.41) is 0. The molecule has 3 heteroatoms. The lowest BCUT2D eigenvalue weighted by Gasteiger charge is -2.06. The predicted octanol–water partition coefficient (Wildman–Crippen LogP) is 5.03. The first-order valence-electron chi connectivity index (χ1n) is 8.89. The van der Waals surface area contributed by atoms with Crippen molar-refractivity contribution in [1.29, 1.82) is 0 Å². The molecule has 0 radical (unpaired) electrons. The SMILES string of the molecule is CCC(=CCCc1ccc2c(c1)OCO2)CCC1OC1(C)CC. The lowest BCUT2D eigenvalue weighted by molar-refractivity contribution is 0.174. The van der Waals surface area contributed by atoms with Crippen LogP contribution in [0.5, 0.6) is 11.5 Å². The molecule has 1 aromatic carbocycles. The van der Waals surface area contributed by atoms with E-state index in [1.807, 2.05) is 6.07 Å². The fourth-order valence-electron chi connectivity index (χ4n) is 3.25. The van der Waals surface area contributed by atoms with Gasteiger partial charge in [0.15, 0.2) is 11.5 Å². The Kier molecular flexibility index (Phi) is 4.96. The zero-order valence-corrected chi connectivity index (χ0v) is 14.6. The summed E-state index contributed by atoms with van der Waals surface area (Å²) in [6, 6.07) is 6.25. The summed E-state index contributed by atoms with van der Waals surface area (Å²) in [4.78, 5) is 0. The summed E-state index contributed by atoms with van der Waals surface area (Å²) in [5.74, 6) is 1.74. The molecule has 1 saturated heterocycles. The Hall–Kier alpha value is -1.48. The molecule has 2 aliphatic rings. The Morgan fingerprint density at radius 2 is 2.09 bits per heavy atom. The van der Waals surface area contributed by atoms with Crippen molar-refractivity contribution in [3.63, 3.8) is 0 Å². The summed E-state index contributed by atoms with van der Waals surface area (Å²) in [6.07, 6.45) is 9.59. The second-order valence-corrected chi connectivity index (χ2v) is 6.75. The van der Waals surface area contributed by atoms with Crippen LogP contribution in [0.4, 0.5) is 0 Å². The van der Waals surface area contributed by atoms with Gasteiger partial charge in [-0.2, -0.15) is 0 Å². The quantitative estimate of drug-likeness (QED) is 0.498. The lowest BCUT2D eigenvalue weighted by atomic mass is 9.97. The number of benzene rings is 1. The van der Waals surface area contributed by atoms with Gasteiger partial charge in [-0.25, -0.2) is 0 Å². The maximum atomic E-state index is 5.81. The van der Waals surface area contributed by atoms with Crippen molar-refractivity contribution < 1.29 is 14.2 Å². The van der Waals surface area contributed by atoms with E-state index in [0.717, 1.165) is 50.0 Å². The van der Waals surface area contributed by atoms with Gasteiger partial charge in [0.1, 0.15) is 0 Å². The van der Waals surface area contributed by atoms with Crippen molar-refractivity contribution in [2.24, 2.45) is 0 Å². The molecule has 0 saturated carbocycles. The Labute approximate surface area is 139 Å². The number of fused-ring (bicyclic) bond motifs is 1. The van der Waals surface area contributed by atoms with Crippen molar-refractivity contribution in [2.75, 3.05) is 6.79 Å². The van der Waals surface area contributed by atoms with E-state index in [2.05, 4.69) is 39.0 Å². The molecular weight excluding hydrogens is 288 g/mol. The van der Waals surface area contributed by atoms with Crippen molar-refractivity contribution in [2.45, 2.75) is 71.0 Å². The second-order valence-electron chi connectivity index (χ2n) is 6.75. The predicted molar refractivity (Wildman–Crippen MR) is 92.1 cm³/mol. The van der Waals surface area contributed by atoms with E-state index >= 15 is 0 Å². The molecule has 0 amide bonds. The smallest absolute Gasteiger partial charge is 0.231 e. The molecule has 126 valence electrons. The van der Waals surface area contributed by atoms with Crippen LogP contribution in [0.3, 0.4) is 0 Å². The van der Waals surface area contributed by atoms with Crippen LogP contribution in [-0.4, -0.2) is 18.5 Å². The molecule has 23 heavy (non-hydrogen) atoms. The Morgan fingerprint density at radius 1 is 1.26 bits per heavy atom. The highest BCUT2D eigenvalue weighted by Gasteiger charge is 2.49. The summed E-state index contributed by atoms with van der Waals surface area (Å²) in [5.41, 5.74) is 3.02. The van der Waals surface area contributed by atoms with Crippen molar-refractivity contribution in [3.05, 3.63) is 35.4 Å². The molecule has 3 nitrogen and oxygen atoms in total. The minimum Gasteiger partial charge on any atom is -0.454 e. The highest BCUT2D eigenvalue weighted by atomic mass is 16.7. The van der Waals surface area contributed by atoms with Gasteiger partial charge in [0, 0.05) is 0 Å². The standard InChI is InChI=1S/C20H28O3/c1-4-15(10-12-19-20(3,5-2)23-19)7-6-8-16-9-11-17-18(13-16)22-14-21-17/h7,9,11,13,19H,4-6,8,10,12,14H2,1-3H3. The minimum absolute atomic E-state index is 0.158. The van der Waals surface area contributed by atoms with E-state index in [0.29, 0.717) is 12.9 Å². The van der Waals surface area contributed by atoms with E-state index in [-0.39, 0.29) is 5.60 Å². The molecule has 2 aliphatic heterocycles. The zero-order chi connectivity index (χ0) is 16.3. The topological polar surface area (TPSA) is 31.0 Å². The molecule has 0 aromatic heterocycles. The number of hydrogen-bond donors (Lipinski definition) is 0. The van der Waals surface area contributed by atoms with Gasteiger partial charge >= 0.3 is 0 Å². The first-order valence-corrected chi connectivity index (χ1v) is 8.89. The molecule has 2 heterocycles. The number of rotatable bonds is 8. The number of hydrogen-bond acceptors (Lipinski definition) is 3. The van der Waals surface area contributed by atoms with Gasteiger partial charge in [-0.3, -0.25) is 0 Å². The zero-order valence-electron chi connectivity index (χ0n) is 14.6. The molecule has 0 aliphatic carbocycles. The second kappa shape index (κ2) is 6.96. The van der Waals surface area contributed by atoms with Crippen molar-refractivity contribution in [3.8, 4) is 11.5 Å². The van der Waals surface area contributed by atoms with Crippen LogP contribution in [-0.2, 0) is 11.2 Å². The molecular formula is C20H28O3. The van der Waals surface area contributed by atoms with Crippen LogP contribution < -0.4 is 9.47 Å². The van der Waals surface area contributed by atoms with Crippen LogP contribution in [0.1, 0.15) is 58.4 Å². The van der Waals surface area contributed by atoms with E-state index in [4.69, 9.17) is 14.2 Å². The van der Waals surface area contributed by atoms with Gasteiger partial charge in [-0.05, 0) is 63.1 Å². The average Bonchev–Trinajstić information content (AvgIpc) is 3.01. The van der Waals surface area contributed by atoms with Crippen LogP contribution in [0.25, 0.3) is 0 Å². The third-order valence-corrected chi connectivity index (χ3v) is 5.22. The van der Waals surface area contributed by atoms with E-state index < -0.39 is 0 Å². The van der Waals surface area contributed by atoms with Gasteiger partial charge in [0.05, 0.1) is 11.7 Å². The maximum Gasteiger partial charge on any atom is 0.231 e. The first-order chi connectivity index (χ1) is 11.1. The molecule has 2 unspecified atom stereocenters. The summed E-state index contributed by atoms with van der Waals surface area (Å²) in [6.45, 7) is 7.03. The van der Waals surface area contributed by atoms with Crippen LogP contribution >= 0.6 is 0 Å². The third kappa shape index (κ3) is 3.89. The molecule has 2 atom stereocenters. The Bertz CT molecular complexity index is 578. The molecule has 0 spiro atoms. The number of allylic oxidation sites excluding steroid dienone is 2. The monoisotopic (exact) mass is 316 g/mol. The number of epoxide rings is 1. The van der Waals surface area contributed by atoms with E-state index in [9.17, 15) is 0 Å². The molecule has 3 rings (SSSR count). The summed E-state index contributed by atoms with van der Waals surface area (Å²) < 4.78 is 16.6. The van der Waals surface area contributed by atoms with Gasteiger partial charge < -0.3 is 14.2 Å². The largest absolute Gasteiger partial charge is 0.454 e. The molecule has 0 bridgehead atoms. The number of aryl methyl sites for hydroxylation is 1. The average molecular weight is 316 g/mol. The van der Waals surface area contributed by atoms with Gasteiger partial charge in [-0.15, -0.1) is 0 Å². The molecule has 0 N–H and O–H groups in total. The highest BCUT2D eigenvalue weighted by molar-refractivity contribution is 5.44. The fourth-order valence-corrected chi connectivity index (χ4v) is 3.25. The fraction of sp³-hybridized carbons (Fsp3) is 0.600. The number of ether oxygens (including phenoxy) is 3. The Balaban J connectivity index is 1.46. The normalized spacial score (nSPS) is 25.7. The highest BCUT2D eigenvalue weighted by Crippen LogP contribution is 2.42. The van der Waals surface area contributed by atoms with Crippen LogP contribution in [0, 0.1) is 0 Å². The third-order valence-electron chi connectivity index (χ3n) is 5.22. The van der Waals surface area contributed by atoms with E-state index in [1.165, 1.54) is 5.56 Å². The van der Waals surface area contributed by atoms with Gasteiger partial charge in [0.25, 0.3) is 0 Å². The molecule has 1 aromatic rings. The van der Waals surface area contributed by atoms with Crippen molar-refractivity contribution >= 4 is 0 Å². The summed E-state index contributed by atoms with van der Waals surface area (Å²) in [7, 11) is 0. The lowest BCUT2D eigenvalue weighted by Crippen LogP contribution is -2.07. The van der Waals surface area contributed by atoms with Crippen LogP contribution in [0.15, 0.2) is 29.8 Å². The van der Waals surface area contributed by atoms with Gasteiger partial charge in [-0.1, -0.05) is 31.6 Å². The Morgan fingerprint density at radius 3 is 2.83 bits per heavy atom. The van der Waals surface area contributed by atoms with Crippen molar-refractivity contribution in [1.82, 2.24) is 0 Å². The maximum absolute atomic E-state index is 5.81. The van der Waals surface area contributed by atoms with E-state index in [1.54, 1.807) is 5.57 Å².